The molecular weight excluding hydrogens is 1320 g/mol. The van der Waals surface area contributed by atoms with Crippen molar-refractivity contribution in [3.8, 4) is 11.5 Å². The molecule has 2 amide bonds. The summed E-state index contributed by atoms with van der Waals surface area (Å²) < 4.78 is 83.1. The summed E-state index contributed by atoms with van der Waals surface area (Å²) in [7, 11) is -7.87. The zero-order valence-electron chi connectivity index (χ0n) is 57.9. The standard InChI is InChI=1S/2C38H52ClN3O6S/c2*1-26-5-3-14-38(44,15-16-41-17-19-47-20-18-41)33-10-7-30(33)23-42-24-37(13-4-6-28-21-31(39)9-11-32(28)37)25-48-35-12-8-29(22-34(35)42)36(43)40-49(45,46)27(26)2/h2*8-9,11-12,21-22,26-27,30,33,44H,3-7,10,13-20,23-25H2,1-2H3,(H,40,43)/t26-,27+,30-,33+,37-,38+;26-,27+,30-,33+,37-,38-/m00/s1. The zero-order valence-corrected chi connectivity index (χ0v) is 61.1. The molecule has 2 saturated carbocycles. The molecule has 2 saturated heterocycles. The quantitative estimate of drug-likeness (QED) is 0.141. The van der Waals surface area contributed by atoms with Gasteiger partial charge in [0.2, 0.25) is 20.0 Å². The normalized spacial score (nSPS) is 33.7. The lowest BCUT2D eigenvalue weighted by Gasteiger charge is -2.51. The number of fused-ring (bicyclic) bond motifs is 8. The Balaban J connectivity index is 0.000000176. The molecule has 4 fully saturated rings. The van der Waals surface area contributed by atoms with Crippen LogP contribution in [0.25, 0.3) is 0 Å². The SMILES string of the molecule is C[C@@H]1[C@@H](C)CCC[C@@](O)(CCN2CCOCC2)[C@@H]2CC[C@H]2CN2C[C@@]3(CCCc4cc(Cl)ccc43)COc3ccc(cc32)C(=O)NS1(=O)=O.C[C@@H]1[C@@H](C)CCC[C@](O)(CCN2CCOCC2)[C@@H]2CC[C@H]2CN2C[C@@]3(CCCc4cc(Cl)ccc43)COc3ccc(cc32)C(=O)NS1(=O)=O. The highest BCUT2D eigenvalue weighted by Crippen LogP contribution is 2.53. The summed E-state index contributed by atoms with van der Waals surface area (Å²) in [4.78, 5) is 36.7. The van der Waals surface area contributed by atoms with Crippen molar-refractivity contribution in [2.24, 2.45) is 35.5 Å². The maximum absolute atomic E-state index is 13.5. The number of sulfonamides is 2. The van der Waals surface area contributed by atoms with Crippen LogP contribution in [-0.2, 0) is 53.2 Å². The minimum absolute atomic E-state index is 0.130. The average molecular weight is 1430 g/mol. The van der Waals surface area contributed by atoms with Crippen LogP contribution in [0.2, 0.25) is 10.0 Å². The lowest BCUT2D eigenvalue weighted by atomic mass is 9.62. The number of anilines is 2. The number of ether oxygens (including phenoxy) is 4. The molecule has 6 aliphatic heterocycles. The maximum atomic E-state index is 13.5. The number of nitrogens with one attached hydrogen (secondary N) is 2. The molecule has 2 spiro atoms. The number of rotatable bonds is 6. The number of halogens is 2. The third kappa shape index (κ3) is 15.2. The Morgan fingerprint density at radius 2 is 0.929 bits per heavy atom. The molecule has 12 atom stereocenters. The first-order valence-corrected chi connectivity index (χ1v) is 40.6. The predicted molar refractivity (Wildman–Crippen MR) is 384 cm³/mol. The van der Waals surface area contributed by atoms with E-state index in [4.69, 9.17) is 42.1 Å². The largest absolute Gasteiger partial charge is 0.490 e. The van der Waals surface area contributed by atoms with Gasteiger partial charge in [-0.25, -0.2) is 26.3 Å². The number of amides is 2. The van der Waals surface area contributed by atoms with Gasteiger partial charge in [-0.2, -0.15) is 0 Å². The Hall–Kier alpha value is -4.74. The van der Waals surface area contributed by atoms with E-state index in [-0.39, 0.29) is 46.3 Å². The van der Waals surface area contributed by atoms with Crippen LogP contribution in [0.3, 0.4) is 0 Å². The molecule has 4 aromatic carbocycles. The second-order valence-corrected chi connectivity index (χ2v) is 36.1. The van der Waals surface area contributed by atoms with Crippen LogP contribution >= 0.6 is 23.2 Å². The number of benzene rings is 4. The first kappa shape index (κ1) is 71.6. The highest BCUT2D eigenvalue weighted by atomic mass is 35.5. The predicted octanol–water partition coefficient (Wildman–Crippen LogP) is 11.1. The second-order valence-electron chi connectivity index (χ2n) is 31.2. The first-order valence-electron chi connectivity index (χ1n) is 36.7. The summed E-state index contributed by atoms with van der Waals surface area (Å²) >= 11 is 12.9. The number of carbonyl (C=O) groups excluding carboxylic acids is 2. The highest BCUT2D eigenvalue weighted by Gasteiger charge is 2.52. The van der Waals surface area contributed by atoms with Gasteiger partial charge in [-0.1, -0.05) is 62.0 Å². The number of nitrogens with zero attached hydrogens (tertiary/aromatic N) is 4. The Morgan fingerprint density at radius 1 is 0.520 bits per heavy atom. The summed E-state index contributed by atoms with van der Waals surface area (Å²) in [5.41, 5.74) is 4.99. The Morgan fingerprint density at radius 3 is 1.32 bits per heavy atom. The van der Waals surface area contributed by atoms with Crippen molar-refractivity contribution in [1.82, 2.24) is 19.2 Å². The van der Waals surface area contributed by atoms with E-state index in [1.165, 1.54) is 22.3 Å². The molecule has 10 aliphatic rings. The molecule has 0 unspecified atom stereocenters. The van der Waals surface area contributed by atoms with Crippen LogP contribution in [0, 0.1) is 35.5 Å². The minimum Gasteiger partial charge on any atom is -0.490 e. The fourth-order valence-electron chi connectivity index (χ4n) is 18.5. The van der Waals surface area contributed by atoms with Crippen LogP contribution in [0.5, 0.6) is 11.5 Å². The van der Waals surface area contributed by atoms with Gasteiger partial charge in [0.1, 0.15) is 11.5 Å². The number of hydrogen-bond acceptors (Lipinski definition) is 16. The molecule has 18 nitrogen and oxygen atoms in total. The Kier molecular flexibility index (Phi) is 21.6. The van der Waals surface area contributed by atoms with Crippen molar-refractivity contribution in [3.05, 3.63) is 116 Å². The average Bonchev–Trinajstić information content (AvgIpc) is 1.42. The summed E-state index contributed by atoms with van der Waals surface area (Å²) in [6.07, 6.45) is 15.3. The summed E-state index contributed by atoms with van der Waals surface area (Å²) in [6.45, 7) is 19.1. The summed E-state index contributed by atoms with van der Waals surface area (Å²) in [5.74, 6) is 0.586. The van der Waals surface area contributed by atoms with Crippen molar-refractivity contribution in [3.63, 3.8) is 0 Å². The fourth-order valence-corrected chi connectivity index (χ4v) is 21.5. The van der Waals surface area contributed by atoms with Crippen LogP contribution in [0.4, 0.5) is 11.4 Å². The molecule has 4 bridgehead atoms. The third-order valence-electron chi connectivity index (χ3n) is 25.2. The Bertz CT molecular complexity index is 3540. The van der Waals surface area contributed by atoms with Gasteiger partial charge in [-0.3, -0.25) is 19.4 Å². The van der Waals surface area contributed by atoms with Crippen molar-refractivity contribution >= 4 is 66.4 Å². The van der Waals surface area contributed by atoms with Crippen molar-refractivity contribution < 1.29 is 55.6 Å². The molecule has 14 rings (SSSR count). The van der Waals surface area contributed by atoms with Gasteiger partial charge in [0.15, 0.2) is 0 Å². The molecule has 6 heterocycles. The maximum Gasteiger partial charge on any atom is 0.264 e. The van der Waals surface area contributed by atoms with Crippen LogP contribution < -0.4 is 28.7 Å². The van der Waals surface area contributed by atoms with E-state index in [2.05, 4.69) is 53.3 Å². The van der Waals surface area contributed by atoms with Crippen LogP contribution in [-0.4, -0.2) is 175 Å². The van der Waals surface area contributed by atoms with E-state index in [0.29, 0.717) is 87.5 Å². The smallest absolute Gasteiger partial charge is 0.264 e. The molecule has 4 aromatic rings. The number of aryl methyl sites for hydroxylation is 2. The van der Waals surface area contributed by atoms with Gasteiger partial charge < -0.3 is 39.0 Å². The fraction of sp³-hybridized carbons (Fsp3) is 0.658. The zero-order chi connectivity index (χ0) is 68.8. The molecule has 4 N–H and O–H groups in total. The lowest BCUT2D eigenvalue weighted by molar-refractivity contribution is -0.100. The van der Waals surface area contributed by atoms with Crippen LogP contribution in [0.1, 0.15) is 173 Å². The molecular formula is C76H104Cl2N6O12S2. The highest BCUT2D eigenvalue weighted by molar-refractivity contribution is 7.91. The van der Waals surface area contributed by atoms with Crippen LogP contribution in [0.15, 0.2) is 72.8 Å². The number of carbonyl (C=O) groups is 2. The van der Waals surface area contributed by atoms with E-state index < -0.39 is 53.6 Å². The van der Waals surface area contributed by atoms with Gasteiger partial charge in [-0.15, -0.1) is 0 Å². The topological polar surface area (TPSA) is 217 Å². The van der Waals surface area contributed by atoms with E-state index in [9.17, 15) is 36.6 Å². The van der Waals surface area contributed by atoms with Crippen molar-refractivity contribution in [2.75, 3.05) is 115 Å². The number of aliphatic hydroxyl groups is 2. The second kappa shape index (κ2) is 29.5. The van der Waals surface area contributed by atoms with E-state index in [1.54, 1.807) is 26.0 Å². The monoisotopic (exact) mass is 1430 g/mol. The summed E-state index contributed by atoms with van der Waals surface area (Å²) in [5, 5.41) is 25.2. The first-order chi connectivity index (χ1) is 46.9. The van der Waals surface area contributed by atoms with Gasteiger partial charge in [0.25, 0.3) is 11.8 Å². The third-order valence-corrected chi connectivity index (χ3v) is 29.5. The van der Waals surface area contributed by atoms with E-state index in [0.717, 1.165) is 177 Å². The molecule has 4 aliphatic carbocycles. The van der Waals surface area contributed by atoms with E-state index in [1.807, 2.05) is 50.2 Å². The number of hydrogen-bond donors (Lipinski definition) is 4. The molecule has 0 radical (unpaired) electrons. The van der Waals surface area contributed by atoms with Crippen molar-refractivity contribution in [2.45, 2.75) is 176 Å². The molecule has 98 heavy (non-hydrogen) atoms. The molecule has 0 aromatic heterocycles. The van der Waals surface area contributed by atoms with Gasteiger partial charge in [0.05, 0.1) is 72.7 Å². The Labute approximate surface area is 591 Å². The van der Waals surface area contributed by atoms with Crippen molar-refractivity contribution in [1.29, 1.82) is 0 Å². The van der Waals surface area contributed by atoms with E-state index >= 15 is 0 Å². The lowest BCUT2D eigenvalue weighted by Crippen LogP contribution is -2.54. The van der Waals surface area contributed by atoms with Gasteiger partial charge in [-0.05, 0) is 235 Å². The van der Waals surface area contributed by atoms with Gasteiger partial charge in [0, 0.05) is 97.4 Å². The number of morpholine rings is 2. The minimum atomic E-state index is -3.93. The molecule has 22 heteroatoms. The van der Waals surface area contributed by atoms with Gasteiger partial charge >= 0.3 is 0 Å². The molecule has 536 valence electrons. The summed E-state index contributed by atoms with van der Waals surface area (Å²) in [6, 6.07) is 23.0.